The minimum Gasteiger partial charge on any atom is -0.462 e. The van der Waals surface area contributed by atoms with Gasteiger partial charge in [-0.25, -0.2) is 14.3 Å². The van der Waals surface area contributed by atoms with E-state index in [1.807, 2.05) is 4.98 Å². The van der Waals surface area contributed by atoms with Crippen molar-refractivity contribution in [3.05, 3.63) is 63.4 Å². The number of halogens is 1. The number of ether oxygens (including phenoxy) is 3. The van der Waals surface area contributed by atoms with E-state index in [2.05, 4.69) is 5.09 Å². The van der Waals surface area contributed by atoms with Crippen LogP contribution >= 0.6 is 7.52 Å². The lowest BCUT2D eigenvalue weighted by Crippen LogP contribution is -2.50. The molecule has 1 fully saturated rings. The minimum atomic E-state index is -4.05. The Morgan fingerprint density at radius 2 is 1.92 bits per heavy atom. The molecule has 0 aliphatic carbocycles. The van der Waals surface area contributed by atoms with Crippen LogP contribution in [0.5, 0.6) is 5.75 Å². The van der Waals surface area contributed by atoms with Crippen LogP contribution in [0.2, 0.25) is 0 Å². The molecule has 0 radical (unpaired) electrons. The summed E-state index contributed by atoms with van der Waals surface area (Å²) in [4.78, 5) is 37.7. The molecule has 15 heteroatoms. The van der Waals surface area contributed by atoms with Crippen LogP contribution in [-0.2, 0) is 23.6 Å². The van der Waals surface area contributed by atoms with Crippen molar-refractivity contribution in [1.82, 2.24) is 14.6 Å². The highest BCUT2D eigenvalue weighted by atomic mass is 31.2. The molecule has 0 bridgehead atoms. The third kappa shape index (κ3) is 6.76. The molecule has 38 heavy (non-hydrogen) atoms. The highest BCUT2D eigenvalue weighted by Gasteiger charge is 2.63. The van der Waals surface area contributed by atoms with Crippen molar-refractivity contribution < 1.29 is 42.7 Å². The Kier molecular flexibility index (Phi) is 8.97. The van der Waals surface area contributed by atoms with E-state index >= 15 is 4.39 Å². The molecule has 1 aromatic heterocycles. The largest absolute Gasteiger partial charge is 0.462 e. The van der Waals surface area contributed by atoms with Crippen LogP contribution in [0.1, 0.15) is 33.9 Å². The van der Waals surface area contributed by atoms with E-state index in [1.54, 1.807) is 32.0 Å². The van der Waals surface area contributed by atoms with Gasteiger partial charge in [-0.2, -0.15) is 0 Å². The number of nitrogens with one attached hydrogen (secondary N) is 2. The molecule has 1 aromatic carbocycles. The number of aromatic amines is 1. The average molecular weight is 559 g/mol. The summed E-state index contributed by atoms with van der Waals surface area (Å²) in [5.41, 5.74) is -4.07. The first-order valence-corrected chi connectivity index (χ1v) is 13.5. The molecule has 4 N–H and O–H groups in total. The first kappa shape index (κ1) is 29.7. The van der Waals surface area contributed by atoms with Crippen LogP contribution in [0.25, 0.3) is 0 Å². The molecule has 1 saturated heterocycles. The van der Waals surface area contributed by atoms with Gasteiger partial charge < -0.3 is 28.9 Å². The summed E-state index contributed by atoms with van der Waals surface area (Å²) in [5.74, 6) is -3.61. The summed E-state index contributed by atoms with van der Waals surface area (Å²) in [6.45, 7) is 4.67. The van der Waals surface area contributed by atoms with E-state index in [9.17, 15) is 29.2 Å². The Balaban J connectivity index is 1.77. The van der Waals surface area contributed by atoms with E-state index in [1.165, 1.54) is 19.1 Å². The fraction of sp³-hybridized carbons (Fsp3) is 0.522. The Morgan fingerprint density at radius 1 is 1.26 bits per heavy atom. The quantitative estimate of drug-likeness (QED) is 0.228. The fourth-order valence-electron chi connectivity index (χ4n) is 3.73. The van der Waals surface area contributed by atoms with Gasteiger partial charge in [-0.15, -0.1) is 0 Å². The lowest BCUT2D eigenvalue weighted by atomic mass is 9.95. The molecule has 0 saturated carbocycles. The predicted molar refractivity (Wildman–Crippen MR) is 131 cm³/mol. The Hall–Kier alpha value is -2.87. The zero-order valence-electron chi connectivity index (χ0n) is 21.2. The number of aliphatic hydroxyl groups excluding tert-OH is 1. The van der Waals surface area contributed by atoms with Gasteiger partial charge in [0.25, 0.3) is 11.4 Å². The number of aromatic nitrogens is 2. The molecule has 6 unspecified atom stereocenters. The minimum absolute atomic E-state index is 0.170. The van der Waals surface area contributed by atoms with E-state index in [0.29, 0.717) is 4.57 Å². The summed E-state index contributed by atoms with van der Waals surface area (Å²) in [7, 11) is -4.05. The molecule has 210 valence electrons. The van der Waals surface area contributed by atoms with E-state index in [4.69, 9.17) is 18.7 Å². The Morgan fingerprint density at radius 3 is 2.53 bits per heavy atom. The molecule has 1 aliphatic rings. The van der Waals surface area contributed by atoms with Crippen molar-refractivity contribution in [2.45, 2.75) is 63.6 Å². The van der Waals surface area contributed by atoms with Gasteiger partial charge in [0.2, 0.25) is 0 Å². The number of nitrogens with zero attached hydrogens (tertiary/aromatic N) is 1. The molecule has 2 heterocycles. The number of hydrogen-bond donors (Lipinski definition) is 4. The number of hydrogen-bond acceptors (Lipinski definition) is 10. The third-order valence-corrected chi connectivity index (χ3v) is 7.33. The number of para-hydroxylation sites is 1. The monoisotopic (exact) mass is 559 g/mol. The van der Waals surface area contributed by atoms with Gasteiger partial charge in [0.05, 0.1) is 6.10 Å². The molecule has 13 nitrogen and oxygen atoms in total. The summed E-state index contributed by atoms with van der Waals surface area (Å²) < 4.78 is 51.2. The molecule has 6 atom stereocenters. The fourth-order valence-corrected chi connectivity index (χ4v) is 5.40. The highest BCUT2D eigenvalue weighted by molar-refractivity contribution is 7.57. The SMILES string of the molecule is CC(C)OC(=O)C(C)NP(=O)(COCC1(F)OC(n2ccc(=O)[nH]c2=O)C(C)(O)C1O)Oc1ccccc1. The summed E-state index contributed by atoms with van der Waals surface area (Å²) in [6.07, 6.45) is -4.20. The highest BCUT2D eigenvalue weighted by Crippen LogP contribution is 2.47. The van der Waals surface area contributed by atoms with E-state index in [0.717, 1.165) is 19.2 Å². The van der Waals surface area contributed by atoms with Gasteiger partial charge in [0.1, 0.15) is 36.5 Å². The van der Waals surface area contributed by atoms with Gasteiger partial charge in [-0.05, 0) is 39.8 Å². The number of esters is 1. The lowest BCUT2D eigenvalue weighted by Gasteiger charge is -2.28. The van der Waals surface area contributed by atoms with Gasteiger partial charge in [0.15, 0.2) is 6.23 Å². The molecular weight excluding hydrogens is 528 g/mol. The second-order valence-electron chi connectivity index (χ2n) is 9.29. The molecule has 3 rings (SSSR count). The first-order chi connectivity index (χ1) is 17.7. The zero-order chi connectivity index (χ0) is 28.3. The molecule has 1 aliphatic heterocycles. The molecule has 0 spiro atoms. The van der Waals surface area contributed by atoms with Crippen LogP contribution in [0.15, 0.2) is 52.2 Å². The van der Waals surface area contributed by atoms with Crippen molar-refractivity contribution in [3.63, 3.8) is 0 Å². The number of benzene rings is 1. The number of rotatable bonds is 11. The molecule has 2 aromatic rings. The second kappa shape index (κ2) is 11.5. The normalized spacial score (nSPS) is 27.6. The summed E-state index contributed by atoms with van der Waals surface area (Å²) in [6, 6.07) is 7.82. The maximum Gasteiger partial charge on any atom is 0.342 e. The van der Waals surface area contributed by atoms with E-state index < -0.39 is 73.6 Å². The van der Waals surface area contributed by atoms with Crippen LogP contribution in [0.4, 0.5) is 4.39 Å². The lowest BCUT2D eigenvalue weighted by molar-refractivity contribution is -0.213. The maximum absolute atomic E-state index is 15.7. The number of carbonyl (C=O) groups excluding carboxylic acids is 1. The number of alkyl halides is 1. The van der Waals surface area contributed by atoms with Crippen LogP contribution in [-0.4, -0.2) is 68.4 Å². The smallest absolute Gasteiger partial charge is 0.342 e. The van der Waals surface area contributed by atoms with Crippen molar-refractivity contribution in [2.24, 2.45) is 0 Å². The van der Waals surface area contributed by atoms with Crippen molar-refractivity contribution >= 4 is 13.5 Å². The summed E-state index contributed by atoms with van der Waals surface area (Å²) >= 11 is 0. The van der Waals surface area contributed by atoms with E-state index in [-0.39, 0.29) is 5.75 Å². The Labute approximate surface area is 217 Å². The van der Waals surface area contributed by atoms with Gasteiger partial charge in [-0.1, -0.05) is 18.2 Å². The molecule has 0 amide bonds. The maximum atomic E-state index is 15.7. The zero-order valence-corrected chi connectivity index (χ0v) is 22.1. The topological polar surface area (TPSA) is 178 Å². The van der Waals surface area contributed by atoms with Crippen molar-refractivity contribution in [3.8, 4) is 5.75 Å². The second-order valence-corrected chi connectivity index (χ2v) is 11.3. The average Bonchev–Trinajstić information content (AvgIpc) is 2.99. The van der Waals surface area contributed by atoms with Crippen LogP contribution < -0.4 is 20.9 Å². The Bertz CT molecular complexity index is 1280. The number of H-pyrrole nitrogens is 1. The van der Waals surface area contributed by atoms with Crippen molar-refractivity contribution in [2.75, 3.05) is 13.0 Å². The van der Waals surface area contributed by atoms with Gasteiger partial charge in [0, 0.05) is 12.3 Å². The standard InChI is InChI=1S/C23H31FN3O10P/c1-14(2)35-18(29)15(3)26-38(33,37-16-8-6-5-7-9-16)13-34-12-23(24)19(30)22(4,32)20(36-23)27-11-10-17(28)25-21(27)31/h5-11,14-15,19-20,30,32H,12-13H2,1-4H3,(H,26,33)(H,25,28,31). The summed E-state index contributed by atoms with van der Waals surface area (Å²) in [5, 5.41) is 23.8. The number of carbonyl (C=O) groups is 1. The van der Waals surface area contributed by atoms with Gasteiger partial charge >= 0.3 is 19.2 Å². The molecular formula is C23H31FN3O10P. The van der Waals surface area contributed by atoms with Crippen LogP contribution in [0, 0.1) is 0 Å². The van der Waals surface area contributed by atoms with Gasteiger partial charge in [-0.3, -0.25) is 23.7 Å². The first-order valence-electron chi connectivity index (χ1n) is 11.7. The third-order valence-electron chi connectivity index (χ3n) is 5.53. The van der Waals surface area contributed by atoms with Crippen molar-refractivity contribution in [1.29, 1.82) is 0 Å². The van der Waals surface area contributed by atoms with Crippen LogP contribution in [0.3, 0.4) is 0 Å². The number of aliphatic hydroxyl groups is 2. The predicted octanol–water partition coefficient (Wildman–Crippen LogP) is 1.02.